The first-order valence-corrected chi connectivity index (χ1v) is 6.32. The summed E-state index contributed by atoms with van der Waals surface area (Å²) in [5.74, 6) is 0.833. The van der Waals surface area contributed by atoms with E-state index in [1.165, 1.54) is 25.8 Å². The zero-order valence-electron chi connectivity index (χ0n) is 9.77. The van der Waals surface area contributed by atoms with E-state index in [9.17, 15) is 0 Å². The molecule has 2 N–H and O–H groups in total. The molecule has 1 spiro atoms. The second-order valence-electron chi connectivity index (χ2n) is 5.42. The van der Waals surface area contributed by atoms with Gasteiger partial charge in [0.2, 0.25) is 0 Å². The highest BCUT2D eigenvalue weighted by Gasteiger charge is 2.47. The van der Waals surface area contributed by atoms with E-state index in [1.807, 2.05) is 0 Å². The molecule has 0 aromatic carbocycles. The second-order valence-corrected chi connectivity index (χ2v) is 5.83. The van der Waals surface area contributed by atoms with Crippen molar-refractivity contribution in [2.75, 3.05) is 13.1 Å². The lowest BCUT2D eigenvalue weighted by Gasteiger charge is -2.07. The maximum atomic E-state index is 3.53. The third-order valence-corrected chi connectivity index (χ3v) is 3.00. The van der Waals surface area contributed by atoms with Crippen LogP contribution in [0.3, 0.4) is 0 Å². The lowest BCUT2D eigenvalue weighted by molar-refractivity contribution is 0.540. The van der Waals surface area contributed by atoms with Crippen LogP contribution < -0.4 is 10.4 Å². The molecule has 2 rings (SSSR count). The van der Waals surface area contributed by atoms with Crippen molar-refractivity contribution in [2.45, 2.75) is 46.1 Å². The Morgan fingerprint density at radius 2 is 2.00 bits per heavy atom. The number of rotatable bonds is 2. The van der Waals surface area contributed by atoms with E-state index in [4.69, 9.17) is 0 Å². The molecule has 1 unspecified atom stereocenters. The average Bonchev–Trinajstić information content (AvgIpc) is 2.68. The zero-order valence-corrected chi connectivity index (χ0v) is 10.9. The van der Waals surface area contributed by atoms with Gasteiger partial charge in [0.05, 0.1) is 0 Å². The van der Waals surface area contributed by atoms with Crippen LogP contribution in [0, 0.1) is 11.3 Å². The lowest BCUT2D eigenvalue weighted by Crippen LogP contribution is -2.29. The Balaban J connectivity index is 0.000000213. The minimum Gasteiger partial charge on any atom is -0.312 e. The van der Waals surface area contributed by atoms with E-state index in [-0.39, 0.29) is 0 Å². The maximum Gasteiger partial charge on any atom is 0.0201 e. The van der Waals surface area contributed by atoms with Crippen molar-refractivity contribution in [3.05, 3.63) is 0 Å². The molecule has 0 aromatic heterocycles. The van der Waals surface area contributed by atoms with Crippen LogP contribution in [0.25, 0.3) is 0 Å². The quantitative estimate of drug-likeness (QED) is 0.691. The van der Waals surface area contributed by atoms with Gasteiger partial charge < -0.3 is 5.32 Å². The predicted octanol–water partition coefficient (Wildman–Crippen LogP) is 2.17. The third-order valence-electron chi connectivity index (χ3n) is 2.77. The normalized spacial score (nSPS) is 27.6. The van der Waals surface area contributed by atoms with Gasteiger partial charge in [0.1, 0.15) is 0 Å². The van der Waals surface area contributed by atoms with Crippen LogP contribution in [0.15, 0.2) is 0 Å². The van der Waals surface area contributed by atoms with Crippen LogP contribution in [0.2, 0.25) is 0 Å². The van der Waals surface area contributed by atoms with Gasteiger partial charge in [-0.3, -0.25) is 5.09 Å². The van der Waals surface area contributed by atoms with Crippen LogP contribution in [0.5, 0.6) is 0 Å². The molecule has 2 atom stereocenters. The predicted molar refractivity (Wildman–Crippen MR) is 66.3 cm³/mol. The van der Waals surface area contributed by atoms with Crippen molar-refractivity contribution in [1.82, 2.24) is 10.4 Å². The smallest absolute Gasteiger partial charge is 0.0201 e. The van der Waals surface area contributed by atoms with Gasteiger partial charge >= 0.3 is 0 Å². The highest BCUT2D eigenvalue weighted by atomic mass is 31.0. The van der Waals surface area contributed by atoms with Crippen LogP contribution in [-0.4, -0.2) is 19.1 Å². The summed E-state index contributed by atoms with van der Waals surface area (Å²) < 4.78 is 0. The summed E-state index contributed by atoms with van der Waals surface area (Å²) in [4.78, 5) is 0. The Kier molecular flexibility index (Phi) is 4.82. The largest absolute Gasteiger partial charge is 0.312 e. The molecule has 0 aromatic rings. The molecule has 2 fully saturated rings. The third kappa shape index (κ3) is 4.25. The molecule has 1 saturated carbocycles. The molecule has 0 bridgehead atoms. The molecule has 2 nitrogen and oxygen atoms in total. The minimum absolute atomic E-state index is 0.736. The fourth-order valence-corrected chi connectivity index (χ4v) is 2.16. The summed E-state index contributed by atoms with van der Waals surface area (Å²) in [6.45, 7) is 8.87. The van der Waals surface area contributed by atoms with Crippen molar-refractivity contribution >= 4 is 9.39 Å². The summed E-state index contributed by atoms with van der Waals surface area (Å²) in [6, 6.07) is 0.736. The number of hydrogen-bond donors (Lipinski definition) is 2. The van der Waals surface area contributed by atoms with E-state index >= 15 is 0 Å². The molecule has 2 aliphatic rings. The fourth-order valence-electron chi connectivity index (χ4n) is 1.87. The Morgan fingerprint density at radius 1 is 1.43 bits per heavy atom. The number of nitrogens with one attached hydrogen (secondary N) is 2. The van der Waals surface area contributed by atoms with Gasteiger partial charge in [0.25, 0.3) is 0 Å². The van der Waals surface area contributed by atoms with Gasteiger partial charge in [-0.25, -0.2) is 0 Å². The molecule has 1 aliphatic heterocycles. The van der Waals surface area contributed by atoms with Gasteiger partial charge in [-0.1, -0.05) is 30.2 Å². The van der Waals surface area contributed by atoms with Crippen molar-refractivity contribution in [3.8, 4) is 0 Å². The highest BCUT2D eigenvalue weighted by Crippen LogP contribution is 2.51. The van der Waals surface area contributed by atoms with Crippen LogP contribution in [-0.2, 0) is 0 Å². The molecule has 0 amide bonds. The Hall–Kier alpha value is 0.350. The first-order valence-electron chi connectivity index (χ1n) is 5.75. The van der Waals surface area contributed by atoms with Crippen molar-refractivity contribution in [2.24, 2.45) is 11.3 Å². The summed E-state index contributed by atoms with van der Waals surface area (Å²) in [7, 11) is 2.56. The van der Waals surface area contributed by atoms with Gasteiger partial charge in [-0.15, -0.1) is 0 Å². The molecular formula is C11H25N2P. The van der Waals surface area contributed by atoms with Crippen LogP contribution in [0.4, 0.5) is 0 Å². The standard InChI is InChI=1S/C7H15N2P.C4H10/c10-9-4-6-3-7(1-2-7)5-8-6;1-4(2)3/h6,8-9H,1-5,10H2;4H,1-3H3/t6-;/m0./s1. The van der Waals surface area contributed by atoms with E-state index in [0.717, 1.165) is 23.9 Å². The molecule has 84 valence electrons. The minimum atomic E-state index is 0.736. The maximum absolute atomic E-state index is 3.53. The van der Waals surface area contributed by atoms with E-state index in [1.54, 1.807) is 0 Å². The van der Waals surface area contributed by atoms with Gasteiger partial charge in [-0.2, -0.15) is 0 Å². The first-order chi connectivity index (χ1) is 6.58. The molecular weight excluding hydrogens is 191 g/mol. The van der Waals surface area contributed by atoms with Crippen molar-refractivity contribution < 1.29 is 0 Å². The van der Waals surface area contributed by atoms with Gasteiger partial charge in [0.15, 0.2) is 0 Å². The molecule has 1 aliphatic carbocycles. The topological polar surface area (TPSA) is 24.1 Å². The van der Waals surface area contributed by atoms with Crippen LogP contribution in [0.1, 0.15) is 40.0 Å². The molecule has 0 radical (unpaired) electrons. The highest BCUT2D eigenvalue weighted by molar-refractivity contribution is 7.13. The fraction of sp³-hybridized carbons (Fsp3) is 1.00. The summed E-state index contributed by atoms with van der Waals surface area (Å²) in [6.07, 6.45) is 4.33. The SMILES string of the molecule is CC(C)C.PNC[C@@H]1CC2(CC2)CN1. The Morgan fingerprint density at radius 3 is 2.36 bits per heavy atom. The van der Waals surface area contributed by atoms with Gasteiger partial charge in [0, 0.05) is 19.1 Å². The monoisotopic (exact) mass is 216 g/mol. The Labute approximate surface area is 90.9 Å². The van der Waals surface area contributed by atoms with Crippen molar-refractivity contribution in [1.29, 1.82) is 0 Å². The molecule has 3 heteroatoms. The lowest BCUT2D eigenvalue weighted by atomic mass is 10.0. The average molecular weight is 216 g/mol. The zero-order chi connectivity index (χ0) is 10.6. The van der Waals surface area contributed by atoms with Crippen molar-refractivity contribution in [3.63, 3.8) is 0 Å². The summed E-state index contributed by atoms with van der Waals surface area (Å²) in [5.41, 5.74) is 0.756. The summed E-state index contributed by atoms with van der Waals surface area (Å²) in [5, 5.41) is 6.66. The molecule has 14 heavy (non-hydrogen) atoms. The molecule has 1 heterocycles. The van der Waals surface area contributed by atoms with E-state index in [0.29, 0.717) is 0 Å². The second kappa shape index (κ2) is 5.44. The number of hydrogen-bond acceptors (Lipinski definition) is 2. The van der Waals surface area contributed by atoms with Crippen LogP contribution >= 0.6 is 9.39 Å². The van der Waals surface area contributed by atoms with E-state index in [2.05, 4.69) is 40.6 Å². The first kappa shape index (κ1) is 12.4. The van der Waals surface area contributed by atoms with Gasteiger partial charge in [-0.05, 0) is 30.6 Å². The Bertz CT molecular complexity index is 164. The molecule has 1 saturated heterocycles. The summed E-state index contributed by atoms with van der Waals surface area (Å²) >= 11 is 0. The van der Waals surface area contributed by atoms with E-state index < -0.39 is 0 Å².